The summed E-state index contributed by atoms with van der Waals surface area (Å²) in [7, 11) is 0. The molecule has 0 bridgehead atoms. The van der Waals surface area contributed by atoms with Crippen molar-refractivity contribution in [2.75, 3.05) is 9.91 Å². The number of halogens is 1. The van der Waals surface area contributed by atoms with Crippen LogP contribution in [0.1, 0.15) is 0 Å². The summed E-state index contributed by atoms with van der Waals surface area (Å²) in [5.41, 5.74) is 1.17. The van der Waals surface area contributed by atoms with Crippen molar-refractivity contribution in [1.82, 2.24) is 0 Å². The van der Waals surface area contributed by atoms with E-state index in [0.717, 1.165) is 10.6 Å². The molecular weight excluding hydrogens is 316 g/mol. The van der Waals surface area contributed by atoms with Crippen LogP contribution >= 0.6 is 11.6 Å². The fourth-order valence-electron chi connectivity index (χ4n) is 2.82. The van der Waals surface area contributed by atoms with Gasteiger partial charge in [-0.3, -0.25) is 9.59 Å². The number of benzene rings is 2. The molecule has 2 unspecified atom stereocenters. The summed E-state index contributed by atoms with van der Waals surface area (Å²) in [5.74, 6) is -0.736. The number of anilines is 2. The van der Waals surface area contributed by atoms with Crippen molar-refractivity contribution >= 4 is 34.8 Å². The van der Waals surface area contributed by atoms with Gasteiger partial charge in [-0.15, -0.1) is 0 Å². The molecule has 0 aliphatic carbocycles. The number of imide groups is 1. The molecule has 4 rings (SSSR count). The van der Waals surface area contributed by atoms with E-state index in [-0.39, 0.29) is 11.8 Å². The second-order valence-electron chi connectivity index (χ2n) is 5.27. The molecule has 23 heavy (non-hydrogen) atoms. The molecule has 2 amide bonds. The number of para-hydroxylation sites is 1. The van der Waals surface area contributed by atoms with Gasteiger partial charge in [-0.2, -0.15) is 5.11 Å². The van der Waals surface area contributed by atoms with E-state index < -0.39 is 12.1 Å². The third-order valence-electron chi connectivity index (χ3n) is 3.87. The van der Waals surface area contributed by atoms with Crippen LogP contribution in [0.5, 0.6) is 0 Å². The zero-order valence-electron chi connectivity index (χ0n) is 11.8. The number of rotatable bonds is 2. The maximum absolute atomic E-state index is 12.8. The van der Waals surface area contributed by atoms with Crippen LogP contribution in [-0.2, 0) is 9.59 Å². The first-order chi connectivity index (χ1) is 11.2. The molecule has 0 spiro atoms. The Hall–Kier alpha value is -2.73. The fourth-order valence-corrected chi connectivity index (χ4v) is 3.01. The summed E-state index contributed by atoms with van der Waals surface area (Å²) in [4.78, 5) is 26.5. The standard InChI is InChI=1S/C16H11ClN4O2/c17-10-5-4-8-12(9-10)20-15(22)13-14(16(20)23)21(19-18-13)11-6-2-1-3-7-11/h1-9,13-14H. The van der Waals surface area contributed by atoms with E-state index in [4.69, 9.17) is 11.6 Å². The predicted molar refractivity (Wildman–Crippen MR) is 85.3 cm³/mol. The number of amides is 2. The minimum Gasteiger partial charge on any atom is -0.271 e. The van der Waals surface area contributed by atoms with Crippen LogP contribution in [0.4, 0.5) is 11.4 Å². The van der Waals surface area contributed by atoms with Crippen LogP contribution in [0.3, 0.4) is 0 Å². The molecule has 2 heterocycles. The first-order valence-corrected chi connectivity index (χ1v) is 7.43. The topological polar surface area (TPSA) is 65.3 Å². The molecule has 114 valence electrons. The molecule has 7 heteroatoms. The summed E-state index contributed by atoms with van der Waals surface area (Å²) in [6, 6.07) is 14.3. The number of carbonyl (C=O) groups is 2. The number of hydrogen-bond acceptors (Lipinski definition) is 5. The Kier molecular flexibility index (Phi) is 3.12. The molecular formula is C16H11ClN4O2. The molecule has 0 N–H and O–H groups in total. The molecule has 0 radical (unpaired) electrons. The normalized spacial score (nSPS) is 22.8. The van der Waals surface area contributed by atoms with Crippen molar-refractivity contribution < 1.29 is 9.59 Å². The van der Waals surface area contributed by atoms with Crippen molar-refractivity contribution in [2.24, 2.45) is 10.3 Å². The average molecular weight is 327 g/mol. The number of fused-ring (bicyclic) bond motifs is 1. The molecule has 6 nitrogen and oxygen atoms in total. The first-order valence-electron chi connectivity index (χ1n) is 7.05. The van der Waals surface area contributed by atoms with Gasteiger partial charge in [0.25, 0.3) is 11.8 Å². The lowest BCUT2D eigenvalue weighted by Gasteiger charge is -2.20. The Morgan fingerprint density at radius 1 is 0.913 bits per heavy atom. The van der Waals surface area contributed by atoms with E-state index in [2.05, 4.69) is 10.3 Å². The minimum absolute atomic E-state index is 0.351. The van der Waals surface area contributed by atoms with Crippen LogP contribution < -0.4 is 9.91 Å². The Morgan fingerprint density at radius 3 is 2.39 bits per heavy atom. The molecule has 0 saturated carbocycles. The molecule has 2 aromatic carbocycles. The summed E-state index contributed by atoms with van der Waals surface area (Å²) >= 11 is 5.96. The summed E-state index contributed by atoms with van der Waals surface area (Å²) in [5, 5.41) is 9.95. The third kappa shape index (κ3) is 2.10. The van der Waals surface area contributed by atoms with Crippen molar-refractivity contribution in [2.45, 2.75) is 12.1 Å². The monoisotopic (exact) mass is 326 g/mol. The van der Waals surface area contributed by atoms with Crippen molar-refractivity contribution in [3.63, 3.8) is 0 Å². The second kappa shape index (κ2) is 5.17. The lowest BCUT2D eigenvalue weighted by molar-refractivity contribution is -0.121. The minimum atomic E-state index is -0.818. The quantitative estimate of drug-likeness (QED) is 0.797. The van der Waals surface area contributed by atoms with Crippen LogP contribution in [0.2, 0.25) is 5.02 Å². The zero-order valence-corrected chi connectivity index (χ0v) is 12.6. The number of nitrogens with zero attached hydrogens (tertiary/aromatic N) is 4. The Bertz CT molecular complexity index is 824. The highest BCUT2D eigenvalue weighted by molar-refractivity contribution is 6.31. The highest BCUT2D eigenvalue weighted by Gasteiger charge is 2.55. The highest BCUT2D eigenvalue weighted by atomic mass is 35.5. The molecule has 1 saturated heterocycles. The van der Waals surface area contributed by atoms with Gasteiger partial charge in [0.15, 0.2) is 12.1 Å². The van der Waals surface area contributed by atoms with Crippen LogP contribution in [0, 0.1) is 0 Å². The van der Waals surface area contributed by atoms with Gasteiger partial charge >= 0.3 is 0 Å². The van der Waals surface area contributed by atoms with E-state index in [9.17, 15) is 9.59 Å². The predicted octanol–water partition coefficient (Wildman–Crippen LogP) is 2.84. The van der Waals surface area contributed by atoms with Gasteiger partial charge in [0.05, 0.1) is 11.4 Å². The fraction of sp³-hybridized carbons (Fsp3) is 0.125. The lowest BCUT2D eigenvalue weighted by Crippen LogP contribution is -2.39. The Morgan fingerprint density at radius 2 is 1.65 bits per heavy atom. The van der Waals surface area contributed by atoms with E-state index in [1.54, 1.807) is 24.3 Å². The van der Waals surface area contributed by atoms with Gasteiger partial charge in [-0.25, -0.2) is 9.91 Å². The molecule has 2 aliphatic rings. The van der Waals surface area contributed by atoms with Crippen molar-refractivity contribution in [1.29, 1.82) is 0 Å². The molecule has 2 aromatic rings. The van der Waals surface area contributed by atoms with Gasteiger partial charge in [0.1, 0.15) is 0 Å². The summed E-state index contributed by atoms with van der Waals surface area (Å²) in [6.07, 6.45) is 0. The van der Waals surface area contributed by atoms with Gasteiger partial charge in [0, 0.05) is 5.02 Å². The second-order valence-corrected chi connectivity index (χ2v) is 5.70. The van der Waals surface area contributed by atoms with E-state index in [1.807, 2.05) is 30.3 Å². The molecule has 2 atom stereocenters. The zero-order chi connectivity index (χ0) is 16.0. The van der Waals surface area contributed by atoms with Gasteiger partial charge in [0.2, 0.25) is 0 Å². The van der Waals surface area contributed by atoms with Crippen LogP contribution in [-0.4, -0.2) is 23.9 Å². The first kappa shape index (κ1) is 13.9. The molecule has 1 fully saturated rings. The summed E-state index contributed by atoms with van der Waals surface area (Å²) < 4.78 is 0. The van der Waals surface area contributed by atoms with E-state index in [1.165, 1.54) is 5.01 Å². The van der Waals surface area contributed by atoms with E-state index in [0.29, 0.717) is 10.7 Å². The Balaban J connectivity index is 1.72. The number of hydrogen-bond donors (Lipinski definition) is 0. The Labute approximate surface area is 136 Å². The maximum atomic E-state index is 12.8. The highest BCUT2D eigenvalue weighted by Crippen LogP contribution is 2.35. The van der Waals surface area contributed by atoms with E-state index >= 15 is 0 Å². The lowest BCUT2D eigenvalue weighted by atomic mass is 10.1. The van der Waals surface area contributed by atoms with Crippen LogP contribution in [0.15, 0.2) is 64.9 Å². The molecule has 2 aliphatic heterocycles. The van der Waals surface area contributed by atoms with Crippen molar-refractivity contribution in [3.8, 4) is 0 Å². The summed E-state index contributed by atoms with van der Waals surface area (Å²) in [6.45, 7) is 0. The third-order valence-corrected chi connectivity index (χ3v) is 4.10. The average Bonchev–Trinajstić information content (AvgIpc) is 3.09. The van der Waals surface area contributed by atoms with Crippen molar-refractivity contribution in [3.05, 3.63) is 59.6 Å². The maximum Gasteiger partial charge on any atom is 0.263 e. The van der Waals surface area contributed by atoms with Gasteiger partial charge < -0.3 is 0 Å². The number of carbonyl (C=O) groups excluding carboxylic acids is 2. The van der Waals surface area contributed by atoms with Crippen LogP contribution in [0.25, 0.3) is 0 Å². The molecule has 0 aromatic heterocycles. The van der Waals surface area contributed by atoms with Gasteiger partial charge in [-0.05, 0) is 30.3 Å². The van der Waals surface area contributed by atoms with Gasteiger partial charge in [-0.1, -0.05) is 41.1 Å². The smallest absolute Gasteiger partial charge is 0.263 e. The SMILES string of the molecule is O=C1C2N=NN(c3ccccc3)C2C(=O)N1c1cccc(Cl)c1. The largest absolute Gasteiger partial charge is 0.271 e.